The number of piperidine rings is 1. The Hall–Kier alpha value is -0.610. The lowest BCUT2D eigenvalue weighted by Gasteiger charge is -2.34. The van der Waals surface area contributed by atoms with Crippen LogP contribution < -0.4 is 5.32 Å². The van der Waals surface area contributed by atoms with Gasteiger partial charge < -0.3 is 15.0 Å². The van der Waals surface area contributed by atoms with E-state index in [1.165, 1.54) is 19.3 Å². The number of amides is 1. The first-order valence-corrected chi connectivity index (χ1v) is 7.56. The van der Waals surface area contributed by atoms with Crippen LogP contribution in [0.1, 0.15) is 46.5 Å². The van der Waals surface area contributed by atoms with Crippen molar-refractivity contribution < 1.29 is 9.53 Å². The number of hydrogen-bond donors (Lipinski definition) is 1. The van der Waals surface area contributed by atoms with Gasteiger partial charge in [0.1, 0.15) is 0 Å². The van der Waals surface area contributed by atoms with E-state index in [4.69, 9.17) is 4.74 Å². The molecule has 1 amide bonds. The molecule has 2 atom stereocenters. The quantitative estimate of drug-likeness (QED) is 0.770. The van der Waals surface area contributed by atoms with Gasteiger partial charge in [-0.25, -0.2) is 0 Å². The highest BCUT2D eigenvalue weighted by Gasteiger charge is 2.23. The first-order valence-electron chi connectivity index (χ1n) is 7.56. The molecule has 1 fully saturated rings. The average Bonchev–Trinajstić information content (AvgIpc) is 2.36. The molecule has 0 aliphatic carbocycles. The molecule has 1 aliphatic heterocycles. The van der Waals surface area contributed by atoms with E-state index < -0.39 is 0 Å². The molecule has 0 saturated carbocycles. The number of nitrogens with zero attached hydrogens (tertiary/aromatic N) is 1. The predicted octanol–water partition coefficient (Wildman–Crippen LogP) is 2.04. The smallest absolute Gasteiger partial charge is 0.223 e. The third-order valence-corrected chi connectivity index (χ3v) is 3.75. The van der Waals surface area contributed by atoms with Gasteiger partial charge >= 0.3 is 0 Å². The van der Waals surface area contributed by atoms with E-state index in [9.17, 15) is 4.79 Å². The van der Waals surface area contributed by atoms with Crippen molar-refractivity contribution in [2.24, 2.45) is 5.92 Å². The van der Waals surface area contributed by atoms with Gasteiger partial charge in [0.2, 0.25) is 5.91 Å². The summed E-state index contributed by atoms with van der Waals surface area (Å²) in [6.45, 7) is 8.85. The van der Waals surface area contributed by atoms with Gasteiger partial charge in [0.05, 0.1) is 0 Å². The van der Waals surface area contributed by atoms with E-state index in [-0.39, 0.29) is 17.9 Å². The lowest BCUT2D eigenvalue weighted by Crippen LogP contribution is -2.48. The maximum Gasteiger partial charge on any atom is 0.223 e. The third kappa shape index (κ3) is 5.91. The maximum absolute atomic E-state index is 12.4. The molecule has 1 heterocycles. The first-order chi connectivity index (χ1) is 9.04. The van der Waals surface area contributed by atoms with Crippen molar-refractivity contribution in [3.63, 3.8) is 0 Å². The molecule has 0 spiro atoms. The minimum absolute atomic E-state index is 0.256. The van der Waals surface area contributed by atoms with Crippen LogP contribution in [0, 0.1) is 5.92 Å². The summed E-state index contributed by atoms with van der Waals surface area (Å²) in [7, 11) is 1.69. The average molecular weight is 270 g/mol. The second-order valence-corrected chi connectivity index (χ2v) is 6.05. The molecule has 1 rings (SSSR count). The summed E-state index contributed by atoms with van der Waals surface area (Å²) in [4.78, 5) is 14.4. The SMILES string of the molecule is COCC(C)CC(=O)N(CC1CCCCN1)C(C)C. The number of hydrogen-bond acceptors (Lipinski definition) is 3. The summed E-state index contributed by atoms with van der Waals surface area (Å²) in [5.74, 6) is 0.546. The molecule has 0 aromatic rings. The third-order valence-electron chi connectivity index (χ3n) is 3.75. The predicted molar refractivity (Wildman–Crippen MR) is 78.1 cm³/mol. The van der Waals surface area contributed by atoms with Crippen LogP contribution in [-0.2, 0) is 9.53 Å². The molecule has 0 aromatic carbocycles. The minimum atomic E-state index is 0.256. The zero-order chi connectivity index (χ0) is 14.3. The Morgan fingerprint density at radius 3 is 2.63 bits per heavy atom. The lowest BCUT2D eigenvalue weighted by molar-refractivity contribution is -0.134. The summed E-state index contributed by atoms with van der Waals surface area (Å²) in [6, 6.07) is 0.740. The van der Waals surface area contributed by atoms with Crippen molar-refractivity contribution in [2.75, 3.05) is 26.8 Å². The van der Waals surface area contributed by atoms with Crippen LogP contribution in [0.5, 0.6) is 0 Å². The monoisotopic (exact) mass is 270 g/mol. The molecule has 19 heavy (non-hydrogen) atoms. The number of rotatable bonds is 7. The second kappa shape index (κ2) is 8.54. The van der Waals surface area contributed by atoms with E-state index in [0.717, 1.165) is 13.1 Å². The number of nitrogens with one attached hydrogen (secondary N) is 1. The molecule has 1 aliphatic rings. The number of carbonyl (C=O) groups is 1. The highest BCUT2D eigenvalue weighted by Crippen LogP contribution is 2.13. The Kier molecular flexibility index (Phi) is 7.39. The van der Waals surface area contributed by atoms with Crippen LogP contribution in [0.15, 0.2) is 0 Å². The molecule has 2 unspecified atom stereocenters. The van der Waals surface area contributed by atoms with E-state index in [2.05, 4.69) is 26.1 Å². The molecule has 0 aromatic heterocycles. The van der Waals surface area contributed by atoms with Crippen molar-refractivity contribution in [2.45, 2.75) is 58.5 Å². The van der Waals surface area contributed by atoms with Crippen LogP contribution >= 0.6 is 0 Å². The van der Waals surface area contributed by atoms with Crippen molar-refractivity contribution in [3.8, 4) is 0 Å². The van der Waals surface area contributed by atoms with Crippen molar-refractivity contribution in [3.05, 3.63) is 0 Å². The number of ether oxygens (including phenoxy) is 1. The molecule has 4 nitrogen and oxygen atoms in total. The van der Waals surface area contributed by atoms with Gasteiger partial charge in [-0.1, -0.05) is 13.3 Å². The Balaban J connectivity index is 2.48. The van der Waals surface area contributed by atoms with Crippen LogP contribution in [0.3, 0.4) is 0 Å². The van der Waals surface area contributed by atoms with Gasteiger partial charge in [0.15, 0.2) is 0 Å². The van der Waals surface area contributed by atoms with Crippen molar-refractivity contribution in [1.82, 2.24) is 10.2 Å². The molecule has 0 bridgehead atoms. The van der Waals surface area contributed by atoms with Crippen molar-refractivity contribution >= 4 is 5.91 Å². The van der Waals surface area contributed by atoms with Gasteiger partial charge in [-0.3, -0.25) is 4.79 Å². The topological polar surface area (TPSA) is 41.6 Å². The van der Waals surface area contributed by atoms with Crippen molar-refractivity contribution in [1.29, 1.82) is 0 Å². The first kappa shape index (κ1) is 16.4. The minimum Gasteiger partial charge on any atom is -0.384 e. The molecule has 1 saturated heterocycles. The number of methoxy groups -OCH3 is 1. The van der Waals surface area contributed by atoms with E-state index in [1.54, 1.807) is 7.11 Å². The molecule has 0 radical (unpaired) electrons. The highest BCUT2D eigenvalue weighted by atomic mass is 16.5. The Morgan fingerprint density at radius 2 is 2.11 bits per heavy atom. The van der Waals surface area contributed by atoms with Crippen LogP contribution in [-0.4, -0.2) is 49.7 Å². The summed E-state index contributed by atoms with van der Waals surface area (Å²) in [6.07, 6.45) is 4.30. The largest absolute Gasteiger partial charge is 0.384 e. The van der Waals surface area contributed by atoms with E-state index in [0.29, 0.717) is 19.1 Å². The molecular formula is C15H30N2O2. The Morgan fingerprint density at radius 1 is 1.37 bits per heavy atom. The van der Waals surface area contributed by atoms with Crippen LogP contribution in [0.25, 0.3) is 0 Å². The fourth-order valence-corrected chi connectivity index (χ4v) is 2.68. The van der Waals surface area contributed by atoms with Gasteiger partial charge in [-0.05, 0) is 39.2 Å². The Labute approximate surface area is 117 Å². The summed E-state index contributed by atoms with van der Waals surface area (Å²) in [5.41, 5.74) is 0. The van der Waals surface area contributed by atoms with Gasteiger partial charge in [-0.2, -0.15) is 0 Å². The highest BCUT2D eigenvalue weighted by molar-refractivity contribution is 5.76. The van der Waals surface area contributed by atoms with Crippen LogP contribution in [0.2, 0.25) is 0 Å². The summed E-state index contributed by atoms with van der Waals surface area (Å²) >= 11 is 0. The van der Waals surface area contributed by atoms with Gasteiger partial charge in [-0.15, -0.1) is 0 Å². The molecular weight excluding hydrogens is 240 g/mol. The van der Waals surface area contributed by atoms with E-state index in [1.807, 2.05) is 4.90 Å². The van der Waals surface area contributed by atoms with Gasteiger partial charge in [0.25, 0.3) is 0 Å². The number of carbonyl (C=O) groups excluding carboxylic acids is 1. The van der Waals surface area contributed by atoms with E-state index >= 15 is 0 Å². The maximum atomic E-state index is 12.4. The normalized spacial score (nSPS) is 21.4. The zero-order valence-corrected chi connectivity index (χ0v) is 12.9. The Bertz CT molecular complexity index is 263. The molecule has 4 heteroatoms. The fraction of sp³-hybridized carbons (Fsp3) is 0.933. The fourth-order valence-electron chi connectivity index (χ4n) is 2.68. The second-order valence-electron chi connectivity index (χ2n) is 6.05. The van der Waals surface area contributed by atoms with Gasteiger partial charge in [0, 0.05) is 38.8 Å². The summed E-state index contributed by atoms with van der Waals surface area (Å²) < 4.78 is 5.11. The summed E-state index contributed by atoms with van der Waals surface area (Å²) in [5, 5.41) is 3.52. The standard InChI is InChI=1S/C15H30N2O2/c1-12(2)17(10-14-7-5-6-8-16-14)15(18)9-13(3)11-19-4/h12-14,16H,5-11H2,1-4H3. The zero-order valence-electron chi connectivity index (χ0n) is 12.9. The molecule has 1 N–H and O–H groups in total. The van der Waals surface area contributed by atoms with Crippen LogP contribution in [0.4, 0.5) is 0 Å². The lowest BCUT2D eigenvalue weighted by atomic mass is 10.0. The molecule has 112 valence electrons.